The molecule has 0 saturated carbocycles. The second kappa shape index (κ2) is 8.78. The first-order valence-corrected chi connectivity index (χ1v) is 10.2. The Morgan fingerprint density at radius 2 is 1.57 bits per heavy atom. The monoisotopic (exact) mass is 379 g/mol. The Labute approximate surface area is 169 Å². The third-order valence-electron chi connectivity index (χ3n) is 6.15. The summed E-state index contributed by atoms with van der Waals surface area (Å²) in [6.07, 6.45) is 2.85. The second-order valence-corrected chi connectivity index (χ2v) is 8.38. The predicted octanol–water partition coefficient (Wildman–Crippen LogP) is 4.27. The van der Waals surface area contributed by atoms with Crippen LogP contribution in [0.1, 0.15) is 30.9 Å². The average Bonchev–Trinajstić information content (AvgIpc) is 2.70. The van der Waals surface area contributed by atoms with Crippen LogP contribution >= 0.6 is 0 Å². The van der Waals surface area contributed by atoms with E-state index in [4.69, 9.17) is 0 Å². The molecule has 0 aromatic heterocycles. The van der Waals surface area contributed by atoms with Crippen molar-refractivity contribution in [3.63, 3.8) is 0 Å². The summed E-state index contributed by atoms with van der Waals surface area (Å²) in [5, 5.41) is 0. The highest BCUT2D eigenvalue weighted by molar-refractivity contribution is 5.74. The summed E-state index contributed by atoms with van der Waals surface area (Å²) < 4.78 is 0. The molecule has 1 heterocycles. The number of amides is 2. The van der Waals surface area contributed by atoms with Crippen LogP contribution in [0.3, 0.4) is 0 Å². The summed E-state index contributed by atoms with van der Waals surface area (Å²) in [6, 6.07) is 21.7. The van der Waals surface area contributed by atoms with Gasteiger partial charge in [-0.05, 0) is 37.3 Å². The number of benzene rings is 2. The summed E-state index contributed by atoms with van der Waals surface area (Å²) in [4.78, 5) is 19.1. The van der Waals surface area contributed by atoms with Crippen molar-refractivity contribution in [3.05, 3.63) is 71.8 Å². The number of rotatable bonds is 5. The molecule has 1 aliphatic heterocycles. The van der Waals surface area contributed by atoms with Crippen LogP contribution in [-0.4, -0.2) is 60.0 Å². The van der Waals surface area contributed by atoms with Gasteiger partial charge in [-0.3, -0.25) is 4.90 Å². The van der Waals surface area contributed by atoms with E-state index in [1.807, 2.05) is 26.0 Å². The number of urea groups is 1. The van der Waals surface area contributed by atoms with Crippen LogP contribution in [0, 0.1) is 0 Å². The predicted molar refractivity (Wildman–Crippen MR) is 115 cm³/mol. The van der Waals surface area contributed by atoms with Gasteiger partial charge in [-0.1, -0.05) is 60.7 Å². The molecule has 1 fully saturated rings. The van der Waals surface area contributed by atoms with Gasteiger partial charge in [-0.2, -0.15) is 0 Å². The van der Waals surface area contributed by atoms with E-state index in [1.165, 1.54) is 11.1 Å². The van der Waals surface area contributed by atoms with E-state index in [1.54, 1.807) is 4.90 Å². The molecule has 2 unspecified atom stereocenters. The minimum absolute atomic E-state index is 0.0830. The van der Waals surface area contributed by atoms with Gasteiger partial charge in [0.2, 0.25) is 0 Å². The molecule has 28 heavy (non-hydrogen) atoms. The van der Waals surface area contributed by atoms with Gasteiger partial charge in [0.05, 0.1) is 5.54 Å². The summed E-state index contributed by atoms with van der Waals surface area (Å²) in [6.45, 7) is 4.26. The molecule has 2 atom stereocenters. The smallest absolute Gasteiger partial charge is 0.319 e. The van der Waals surface area contributed by atoms with Gasteiger partial charge in [0.15, 0.2) is 0 Å². The first kappa shape index (κ1) is 20.4. The van der Waals surface area contributed by atoms with Crippen molar-refractivity contribution in [2.75, 3.05) is 27.7 Å². The third-order valence-corrected chi connectivity index (χ3v) is 6.15. The molecule has 2 aromatic carbocycles. The highest BCUT2D eigenvalue weighted by Crippen LogP contribution is 2.36. The van der Waals surface area contributed by atoms with Gasteiger partial charge in [-0.15, -0.1) is 0 Å². The molecule has 2 amide bonds. The quantitative estimate of drug-likeness (QED) is 0.776. The molecule has 0 spiro atoms. The van der Waals surface area contributed by atoms with Crippen molar-refractivity contribution in [2.24, 2.45) is 0 Å². The summed E-state index contributed by atoms with van der Waals surface area (Å²) in [5.41, 5.74) is 2.49. The number of piperidine rings is 1. The van der Waals surface area contributed by atoms with Gasteiger partial charge in [0, 0.05) is 40.3 Å². The van der Waals surface area contributed by atoms with E-state index >= 15 is 0 Å². The molecular weight excluding hydrogens is 346 g/mol. The molecule has 4 heteroatoms. The standard InChI is InChI=1S/C24H33N3O/c1-20-17-24(26(4)23(28)25(2)3,18-21-11-7-5-8-12-21)15-16-27(20)19-22-13-9-6-10-14-22/h5-14,20H,15-19H2,1-4H3. The average molecular weight is 380 g/mol. The van der Waals surface area contributed by atoms with Crippen LogP contribution in [0.5, 0.6) is 0 Å². The van der Waals surface area contributed by atoms with E-state index in [0.717, 1.165) is 32.4 Å². The first-order chi connectivity index (χ1) is 13.4. The zero-order chi connectivity index (χ0) is 20.1. The number of nitrogens with zero attached hydrogens (tertiary/aromatic N) is 3. The van der Waals surface area contributed by atoms with Gasteiger partial charge in [-0.25, -0.2) is 4.79 Å². The van der Waals surface area contributed by atoms with Crippen LogP contribution < -0.4 is 0 Å². The van der Waals surface area contributed by atoms with Crippen LogP contribution in [-0.2, 0) is 13.0 Å². The first-order valence-electron chi connectivity index (χ1n) is 10.2. The van der Waals surface area contributed by atoms with Crippen molar-refractivity contribution in [1.29, 1.82) is 0 Å². The summed E-state index contributed by atoms with van der Waals surface area (Å²) in [5.74, 6) is 0. The fourth-order valence-electron chi connectivity index (χ4n) is 4.47. The Kier molecular flexibility index (Phi) is 6.40. The minimum Gasteiger partial charge on any atom is -0.331 e. The highest BCUT2D eigenvalue weighted by atomic mass is 16.2. The maximum absolute atomic E-state index is 12.9. The van der Waals surface area contributed by atoms with Crippen molar-refractivity contribution < 1.29 is 4.79 Å². The number of likely N-dealkylation sites (tertiary alicyclic amines) is 1. The van der Waals surface area contributed by atoms with Gasteiger partial charge >= 0.3 is 6.03 Å². The Balaban J connectivity index is 1.81. The molecule has 1 saturated heterocycles. The van der Waals surface area contributed by atoms with E-state index < -0.39 is 0 Å². The normalized spacial score (nSPS) is 22.6. The lowest BCUT2D eigenvalue weighted by atomic mass is 9.77. The lowest BCUT2D eigenvalue weighted by molar-refractivity contribution is 0.0200. The highest BCUT2D eigenvalue weighted by Gasteiger charge is 2.43. The van der Waals surface area contributed by atoms with Crippen LogP contribution in [0.2, 0.25) is 0 Å². The minimum atomic E-state index is -0.157. The fraction of sp³-hybridized carbons (Fsp3) is 0.458. The molecule has 0 bridgehead atoms. The second-order valence-electron chi connectivity index (χ2n) is 8.38. The maximum Gasteiger partial charge on any atom is 0.319 e. The Morgan fingerprint density at radius 1 is 1.00 bits per heavy atom. The van der Waals surface area contributed by atoms with Gasteiger partial charge in [0.25, 0.3) is 0 Å². The molecule has 2 aromatic rings. The molecule has 3 rings (SSSR count). The van der Waals surface area contributed by atoms with E-state index in [2.05, 4.69) is 72.5 Å². The Hall–Kier alpha value is -2.33. The number of likely N-dealkylation sites (N-methyl/N-ethyl adjacent to an activating group) is 1. The number of carbonyl (C=O) groups is 1. The lowest BCUT2D eigenvalue weighted by Gasteiger charge is -2.51. The summed E-state index contributed by atoms with van der Waals surface area (Å²) >= 11 is 0. The fourth-order valence-corrected chi connectivity index (χ4v) is 4.47. The number of hydrogen-bond donors (Lipinski definition) is 0. The summed E-state index contributed by atoms with van der Waals surface area (Å²) in [7, 11) is 5.65. The largest absolute Gasteiger partial charge is 0.331 e. The van der Waals surface area contributed by atoms with Gasteiger partial charge in [0.1, 0.15) is 0 Å². The maximum atomic E-state index is 12.9. The van der Waals surface area contributed by atoms with E-state index in [-0.39, 0.29) is 11.6 Å². The topological polar surface area (TPSA) is 26.8 Å². The molecular formula is C24H33N3O. The molecule has 4 nitrogen and oxygen atoms in total. The Bertz CT molecular complexity index is 762. The van der Waals surface area contributed by atoms with Crippen molar-refractivity contribution >= 4 is 6.03 Å². The van der Waals surface area contributed by atoms with Crippen molar-refractivity contribution in [1.82, 2.24) is 14.7 Å². The Morgan fingerprint density at radius 3 is 2.11 bits per heavy atom. The molecule has 0 N–H and O–H groups in total. The zero-order valence-corrected chi connectivity index (χ0v) is 17.6. The molecule has 150 valence electrons. The van der Waals surface area contributed by atoms with Gasteiger partial charge < -0.3 is 9.80 Å². The number of hydrogen-bond acceptors (Lipinski definition) is 2. The van der Waals surface area contributed by atoms with E-state index in [9.17, 15) is 4.79 Å². The third kappa shape index (κ3) is 4.56. The molecule has 1 aliphatic rings. The number of carbonyl (C=O) groups excluding carboxylic acids is 1. The van der Waals surface area contributed by atoms with Crippen molar-refractivity contribution in [2.45, 2.75) is 44.3 Å². The van der Waals surface area contributed by atoms with Crippen LogP contribution in [0.15, 0.2) is 60.7 Å². The van der Waals surface area contributed by atoms with Crippen LogP contribution in [0.4, 0.5) is 4.79 Å². The molecule has 0 radical (unpaired) electrons. The van der Waals surface area contributed by atoms with Crippen LogP contribution in [0.25, 0.3) is 0 Å². The molecule has 0 aliphatic carbocycles. The van der Waals surface area contributed by atoms with Crippen molar-refractivity contribution in [3.8, 4) is 0 Å². The lowest BCUT2D eigenvalue weighted by Crippen LogP contribution is -2.60. The zero-order valence-electron chi connectivity index (χ0n) is 17.6. The SMILES string of the molecule is CC1CC(Cc2ccccc2)(N(C)C(=O)N(C)C)CCN1Cc1ccccc1. The van der Waals surface area contributed by atoms with E-state index in [0.29, 0.717) is 6.04 Å².